The Morgan fingerprint density at radius 1 is 1.00 bits per heavy atom. The number of carbonyl (C=O) groups excluding carboxylic acids is 3. The summed E-state index contributed by atoms with van der Waals surface area (Å²) in [6, 6.07) is 11.5. The number of hydrogen-bond donors (Lipinski definition) is 1. The first-order valence-electron chi connectivity index (χ1n) is 10.4. The van der Waals surface area contributed by atoms with Crippen LogP contribution >= 0.6 is 31.9 Å². The van der Waals surface area contributed by atoms with E-state index in [9.17, 15) is 37.7 Å². The number of hydrogen-bond acceptors (Lipinski definition) is 6. The Morgan fingerprint density at radius 2 is 1.68 bits per heavy atom. The van der Waals surface area contributed by atoms with Crippen LogP contribution in [-0.4, -0.2) is 22.8 Å². The van der Waals surface area contributed by atoms with Crippen LogP contribution in [-0.2, 0) is 15.8 Å². The number of urea groups is 1. The number of carbonyl (C=O) groups is 3. The van der Waals surface area contributed by atoms with Crippen molar-refractivity contribution in [3.8, 4) is 11.5 Å². The first-order valence-corrected chi connectivity index (χ1v) is 11.9. The number of benzene rings is 3. The summed E-state index contributed by atoms with van der Waals surface area (Å²) in [6.45, 7) is 0. The van der Waals surface area contributed by atoms with Crippen LogP contribution in [0.4, 0.5) is 29.3 Å². The van der Waals surface area contributed by atoms with Crippen molar-refractivity contribution >= 4 is 67.2 Å². The van der Waals surface area contributed by atoms with Crippen molar-refractivity contribution in [1.82, 2.24) is 5.32 Å². The number of barbiturate groups is 1. The second kappa shape index (κ2) is 10.4. The molecule has 3 aromatic carbocycles. The van der Waals surface area contributed by atoms with Crippen molar-refractivity contribution < 1.29 is 37.2 Å². The Labute approximate surface area is 228 Å². The molecule has 9 nitrogen and oxygen atoms in total. The van der Waals surface area contributed by atoms with Crippen LogP contribution in [0.2, 0.25) is 0 Å². The van der Waals surface area contributed by atoms with Crippen molar-refractivity contribution in [2.45, 2.75) is 6.18 Å². The fourth-order valence-corrected chi connectivity index (χ4v) is 4.79. The topological polar surface area (TPSA) is 119 Å². The molecule has 0 aromatic heterocycles. The Bertz CT molecular complexity index is 1530. The monoisotopic (exact) mass is 653 g/mol. The number of nitro groups is 1. The molecule has 1 N–H and O–H groups in total. The van der Waals surface area contributed by atoms with E-state index in [0.29, 0.717) is 16.6 Å². The molecule has 1 aliphatic rings. The van der Waals surface area contributed by atoms with E-state index < -0.39 is 51.5 Å². The van der Waals surface area contributed by atoms with Gasteiger partial charge in [0, 0.05) is 16.1 Å². The van der Waals surface area contributed by atoms with Crippen molar-refractivity contribution in [2.24, 2.45) is 0 Å². The number of para-hydroxylation sites is 1. The van der Waals surface area contributed by atoms with Crippen LogP contribution in [0.25, 0.3) is 6.08 Å². The van der Waals surface area contributed by atoms with Crippen LogP contribution < -0.4 is 15.0 Å². The molecule has 1 aliphatic heterocycles. The quantitative estimate of drug-likeness (QED) is 0.143. The number of rotatable bonds is 5. The third-order valence-corrected chi connectivity index (χ3v) is 6.19. The van der Waals surface area contributed by atoms with Gasteiger partial charge in [0.2, 0.25) is 5.75 Å². The zero-order chi connectivity index (χ0) is 27.8. The summed E-state index contributed by atoms with van der Waals surface area (Å²) in [5.74, 6) is -2.62. The normalized spacial score (nSPS) is 15.0. The maximum atomic E-state index is 13.2. The number of ether oxygens (including phenoxy) is 1. The van der Waals surface area contributed by atoms with Crippen molar-refractivity contribution in [3.05, 3.63) is 96.4 Å². The van der Waals surface area contributed by atoms with Gasteiger partial charge >= 0.3 is 17.9 Å². The SMILES string of the molecule is O=C1NC(=O)N(c2ccccc2)C(=O)/C1=C/c1cc(Br)cc(Br)c1Oc1ccc(C(F)(F)F)cc1[N+](=O)[O-]. The van der Waals surface area contributed by atoms with E-state index in [2.05, 4.69) is 37.2 Å². The molecular formula is C24H12Br2F3N3O6. The molecule has 194 valence electrons. The molecule has 1 fully saturated rings. The molecule has 0 unspecified atom stereocenters. The smallest absolute Gasteiger partial charge is 0.416 e. The molecular weight excluding hydrogens is 643 g/mol. The lowest BCUT2D eigenvalue weighted by molar-refractivity contribution is -0.385. The Balaban J connectivity index is 1.81. The van der Waals surface area contributed by atoms with Gasteiger partial charge in [-0.2, -0.15) is 13.2 Å². The fraction of sp³-hybridized carbons (Fsp3) is 0.0417. The average molecular weight is 655 g/mol. The van der Waals surface area contributed by atoms with E-state index in [4.69, 9.17) is 4.74 Å². The molecule has 1 heterocycles. The molecule has 0 bridgehead atoms. The van der Waals surface area contributed by atoms with E-state index in [0.717, 1.165) is 17.0 Å². The lowest BCUT2D eigenvalue weighted by Gasteiger charge is -2.26. The lowest BCUT2D eigenvalue weighted by Crippen LogP contribution is -2.54. The standard InChI is InChI=1S/C24H12Br2F3N3O6/c25-14-8-12(9-16-21(33)30-23(35)31(22(16)34)15-4-2-1-3-5-15)20(17(26)11-14)38-19-7-6-13(24(27,28)29)10-18(19)32(36)37/h1-11H,(H,30,33,35)/b16-9+. The van der Waals surface area contributed by atoms with E-state index >= 15 is 0 Å². The van der Waals surface area contributed by atoms with Gasteiger partial charge < -0.3 is 4.74 Å². The molecule has 0 atom stereocenters. The minimum Gasteiger partial charge on any atom is -0.448 e. The minimum atomic E-state index is -4.83. The van der Waals surface area contributed by atoms with Gasteiger partial charge in [0.1, 0.15) is 11.3 Å². The van der Waals surface area contributed by atoms with Gasteiger partial charge in [0.15, 0.2) is 0 Å². The zero-order valence-corrected chi connectivity index (χ0v) is 21.8. The molecule has 0 saturated carbocycles. The van der Waals surface area contributed by atoms with Gasteiger partial charge in [0.25, 0.3) is 11.8 Å². The third kappa shape index (κ3) is 5.45. The second-order valence-electron chi connectivity index (χ2n) is 7.64. The molecule has 0 radical (unpaired) electrons. The van der Waals surface area contributed by atoms with E-state index in [1.165, 1.54) is 24.3 Å². The van der Waals surface area contributed by atoms with Crippen LogP contribution in [0.3, 0.4) is 0 Å². The zero-order valence-electron chi connectivity index (χ0n) is 18.6. The van der Waals surface area contributed by atoms with Crippen molar-refractivity contribution in [2.75, 3.05) is 4.90 Å². The highest BCUT2D eigenvalue weighted by Crippen LogP contribution is 2.42. The molecule has 3 aromatic rings. The number of amides is 4. The predicted molar refractivity (Wildman–Crippen MR) is 135 cm³/mol. The summed E-state index contributed by atoms with van der Waals surface area (Å²) in [5, 5.41) is 13.6. The maximum Gasteiger partial charge on any atom is 0.416 e. The largest absolute Gasteiger partial charge is 0.448 e. The van der Waals surface area contributed by atoms with Crippen LogP contribution in [0, 0.1) is 10.1 Å². The number of anilines is 1. The van der Waals surface area contributed by atoms with Crippen LogP contribution in [0.1, 0.15) is 11.1 Å². The van der Waals surface area contributed by atoms with Crippen molar-refractivity contribution in [1.29, 1.82) is 0 Å². The van der Waals surface area contributed by atoms with Gasteiger partial charge in [-0.3, -0.25) is 25.0 Å². The fourth-order valence-electron chi connectivity index (χ4n) is 3.45. The van der Waals surface area contributed by atoms with Gasteiger partial charge in [-0.15, -0.1) is 0 Å². The number of nitrogens with one attached hydrogen (secondary N) is 1. The number of imide groups is 2. The highest BCUT2D eigenvalue weighted by molar-refractivity contribution is 9.11. The average Bonchev–Trinajstić information content (AvgIpc) is 2.83. The van der Waals surface area contributed by atoms with Crippen LogP contribution in [0.15, 0.2) is 75.2 Å². The number of nitro benzene ring substituents is 1. The van der Waals surface area contributed by atoms with E-state index in [-0.39, 0.29) is 21.5 Å². The van der Waals surface area contributed by atoms with Crippen LogP contribution in [0.5, 0.6) is 11.5 Å². The van der Waals surface area contributed by atoms with E-state index in [1.807, 2.05) is 0 Å². The Kier molecular flexibility index (Phi) is 7.37. The molecule has 4 amide bonds. The van der Waals surface area contributed by atoms with Gasteiger partial charge in [0.05, 0.1) is 20.6 Å². The molecule has 14 heteroatoms. The molecule has 0 spiro atoms. The van der Waals surface area contributed by atoms with Crippen molar-refractivity contribution in [3.63, 3.8) is 0 Å². The summed E-state index contributed by atoms with van der Waals surface area (Å²) >= 11 is 6.49. The van der Waals surface area contributed by atoms with Gasteiger partial charge in [-0.25, -0.2) is 9.69 Å². The third-order valence-electron chi connectivity index (χ3n) is 5.15. The lowest BCUT2D eigenvalue weighted by atomic mass is 10.1. The summed E-state index contributed by atoms with van der Waals surface area (Å²) in [7, 11) is 0. The predicted octanol–water partition coefficient (Wildman–Crippen LogP) is 6.60. The number of halogens is 5. The molecule has 38 heavy (non-hydrogen) atoms. The second-order valence-corrected chi connectivity index (χ2v) is 9.41. The summed E-state index contributed by atoms with van der Waals surface area (Å²) < 4.78 is 45.6. The Hall–Kier alpha value is -4.04. The highest BCUT2D eigenvalue weighted by Gasteiger charge is 2.37. The summed E-state index contributed by atoms with van der Waals surface area (Å²) in [6.07, 6.45) is -3.73. The molecule has 1 saturated heterocycles. The van der Waals surface area contributed by atoms with E-state index in [1.54, 1.807) is 18.2 Å². The maximum absolute atomic E-state index is 13.2. The number of alkyl halides is 3. The number of nitrogens with zero attached hydrogens (tertiary/aromatic N) is 2. The molecule has 4 rings (SSSR count). The highest BCUT2D eigenvalue weighted by atomic mass is 79.9. The van der Waals surface area contributed by atoms with Gasteiger partial charge in [-0.05, 0) is 58.4 Å². The summed E-state index contributed by atoms with van der Waals surface area (Å²) in [4.78, 5) is 49.4. The first kappa shape index (κ1) is 27.0. The minimum absolute atomic E-state index is 0.0429. The molecule has 0 aliphatic carbocycles. The Morgan fingerprint density at radius 3 is 2.32 bits per heavy atom. The van der Waals surface area contributed by atoms with Gasteiger partial charge in [-0.1, -0.05) is 34.1 Å². The first-order chi connectivity index (χ1) is 17.9. The summed E-state index contributed by atoms with van der Waals surface area (Å²) in [5.41, 5.74) is -2.43.